The Bertz CT molecular complexity index is 1710. The van der Waals surface area contributed by atoms with E-state index in [0.29, 0.717) is 15.9 Å². The molecule has 8 nitrogen and oxygen atoms in total. The molecule has 0 saturated heterocycles. The minimum atomic E-state index is -4.09. The molecule has 4 aromatic rings. The highest BCUT2D eigenvalue weighted by molar-refractivity contribution is 9.10. The van der Waals surface area contributed by atoms with Gasteiger partial charge in [-0.2, -0.15) is 0 Å². The second-order valence-corrected chi connectivity index (χ2v) is 13.8. The van der Waals surface area contributed by atoms with Gasteiger partial charge in [-0.3, -0.25) is 4.79 Å². The van der Waals surface area contributed by atoms with E-state index in [2.05, 4.69) is 31.0 Å². The van der Waals surface area contributed by atoms with Gasteiger partial charge in [0.15, 0.2) is 0 Å². The number of fused-ring (bicyclic) bond motifs is 1. The van der Waals surface area contributed by atoms with E-state index in [-0.39, 0.29) is 39.9 Å². The van der Waals surface area contributed by atoms with Gasteiger partial charge in [0.1, 0.15) is 10.6 Å². The number of rotatable bonds is 9. The fraction of sp³-hybridized carbons (Fsp3) is 0.192. The van der Waals surface area contributed by atoms with Crippen molar-refractivity contribution in [1.29, 1.82) is 0 Å². The van der Waals surface area contributed by atoms with Crippen molar-refractivity contribution in [2.45, 2.75) is 35.0 Å². The molecule has 0 aliphatic carbocycles. The zero-order chi connectivity index (χ0) is 27.7. The van der Waals surface area contributed by atoms with E-state index < -0.39 is 25.8 Å². The molecule has 3 aromatic carbocycles. The number of benzene rings is 3. The van der Waals surface area contributed by atoms with Gasteiger partial charge in [-0.05, 0) is 86.0 Å². The lowest BCUT2D eigenvalue weighted by Gasteiger charge is -2.10. The van der Waals surface area contributed by atoms with Crippen molar-refractivity contribution < 1.29 is 21.6 Å². The van der Waals surface area contributed by atoms with Crippen LogP contribution >= 0.6 is 27.5 Å². The first-order valence-corrected chi connectivity index (χ1v) is 15.7. The Kier molecular flexibility index (Phi) is 8.34. The van der Waals surface area contributed by atoms with E-state index in [4.69, 9.17) is 11.6 Å². The first kappa shape index (κ1) is 28.3. The fourth-order valence-corrected chi connectivity index (χ4v) is 7.37. The van der Waals surface area contributed by atoms with Crippen LogP contribution in [0.15, 0.2) is 79.8 Å². The first-order valence-electron chi connectivity index (χ1n) is 11.6. The van der Waals surface area contributed by atoms with Crippen LogP contribution in [0.2, 0.25) is 5.02 Å². The van der Waals surface area contributed by atoms with Crippen molar-refractivity contribution in [3.8, 4) is 0 Å². The summed E-state index contributed by atoms with van der Waals surface area (Å²) in [5, 5.41) is 3.33. The summed E-state index contributed by atoms with van der Waals surface area (Å²) in [7, 11) is -7.79. The van der Waals surface area contributed by atoms with Crippen LogP contribution in [0.1, 0.15) is 28.0 Å². The average molecular weight is 639 g/mol. The molecule has 12 heteroatoms. The summed E-state index contributed by atoms with van der Waals surface area (Å²) in [6, 6.07) is 15.9. The molecule has 0 unspecified atom stereocenters. The van der Waals surface area contributed by atoms with Gasteiger partial charge in [0.25, 0.3) is 5.91 Å². The van der Waals surface area contributed by atoms with Crippen molar-refractivity contribution in [3.05, 3.63) is 87.0 Å². The zero-order valence-electron chi connectivity index (χ0n) is 20.5. The predicted molar refractivity (Wildman–Crippen MR) is 151 cm³/mol. The van der Waals surface area contributed by atoms with Gasteiger partial charge in [-0.15, -0.1) is 0 Å². The van der Waals surface area contributed by atoms with Crippen LogP contribution in [0.5, 0.6) is 0 Å². The molecule has 1 heterocycles. The number of hydrogen-bond donors (Lipinski definition) is 3. The molecule has 0 fully saturated rings. The second-order valence-electron chi connectivity index (χ2n) is 8.81. The smallest absolute Gasteiger partial charge is 0.269 e. The third-order valence-corrected chi connectivity index (χ3v) is 9.83. The molecule has 38 heavy (non-hydrogen) atoms. The predicted octanol–water partition coefficient (Wildman–Crippen LogP) is 5.13. The number of aromatic nitrogens is 1. The quantitative estimate of drug-likeness (QED) is 0.219. The summed E-state index contributed by atoms with van der Waals surface area (Å²) >= 11 is 9.43. The van der Waals surface area contributed by atoms with Gasteiger partial charge >= 0.3 is 0 Å². The highest BCUT2D eigenvalue weighted by atomic mass is 79.9. The highest BCUT2D eigenvalue weighted by Crippen LogP contribution is 2.34. The third-order valence-electron chi connectivity index (χ3n) is 5.77. The van der Waals surface area contributed by atoms with Crippen molar-refractivity contribution in [1.82, 2.24) is 15.0 Å². The number of nitrogens with one attached hydrogen (secondary N) is 3. The summed E-state index contributed by atoms with van der Waals surface area (Å²) in [6.07, 6.45) is 0.284. The maximum absolute atomic E-state index is 13.8. The third kappa shape index (κ3) is 6.13. The number of carbonyl (C=O) groups excluding carboxylic acids is 1. The monoisotopic (exact) mass is 637 g/mol. The van der Waals surface area contributed by atoms with E-state index in [0.717, 1.165) is 15.6 Å². The SMILES string of the molecule is Cc1cc(C)cc(S(=O)(=O)c2c(C(=O)NCCCNS(=O)(=O)c3ccc(Br)cc3)[nH]c3ccc(Cl)cc23)c1. The summed E-state index contributed by atoms with van der Waals surface area (Å²) < 4.78 is 55.7. The Morgan fingerprint density at radius 1 is 0.895 bits per heavy atom. The molecule has 4 rings (SSSR count). The normalized spacial score (nSPS) is 12.1. The number of sulfonamides is 1. The summed E-state index contributed by atoms with van der Waals surface area (Å²) in [5.74, 6) is -0.629. The van der Waals surface area contributed by atoms with E-state index in [1.54, 1.807) is 50.2 Å². The molecule has 200 valence electrons. The Hall–Kier alpha value is -2.70. The Morgan fingerprint density at radius 3 is 2.21 bits per heavy atom. The van der Waals surface area contributed by atoms with Crippen LogP contribution in [0.4, 0.5) is 0 Å². The Labute approximate surface area is 234 Å². The molecule has 1 aromatic heterocycles. The maximum atomic E-state index is 13.8. The van der Waals surface area contributed by atoms with E-state index in [1.165, 1.54) is 18.2 Å². The number of carbonyl (C=O) groups is 1. The molecular weight excluding hydrogens is 614 g/mol. The van der Waals surface area contributed by atoms with E-state index in [9.17, 15) is 21.6 Å². The molecule has 0 radical (unpaired) electrons. The number of sulfone groups is 1. The van der Waals surface area contributed by atoms with Crippen LogP contribution in [-0.4, -0.2) is 40.8 Å². The number of halogens is 2. The minimum Gasteiger partial charge on any atom is -0.351 e. The van der Waals surface area contributed by atoms with Gasteiger partial charge in [0.05, 0.1) is 9.79 Å². The largest absolute Gasteiger partial charge is 0.351 e. The van der Waals surface area contributed by atoms with Gasteiger partial charge < -0.3 is 10.3 Å². The average Bonchev–Trinajstić information content (AvgIpc) is 3.23. The molecule has 3 N–H and O–H groups in total. The lowest BCUT2D eigenvalue weighted by molar-refractivity contribution is 0.0946. The summed E-state index contributed by atoms with van der Waals surface area (Å²) in [6.45, 7) is 3.79. The first-order chi connectivity index (χ1) is 17.9. The van der Waals surface area contributed by atoms with Crippen molar-refractivity contribution >= 4 is 64.2 Å². The van der Waals surface area contributed by atoms with Crippen LogP contribution in [0, 0.1) is 13.8 Å². The molecule has 0 spiro atoms. The molecule has 1 amide bonds. The lowest BCUT2D eigenvalue weighted by Crippen LogP contribution is -2.30. The van der Waals surface area contributed by atoms with Crippen LogP contribution in [0.25, 0.3) is 10.9 Å². The van der Waals surface area contributed by atoms with E-state index in [1.807, 2.05) is 6.07 Å². The number of aryl methyl sites for hydroxylation is 2. The Morgan fingerprint density at radius 2 is 1.55 bits per heavy atom. The van der Waals surface area contributed by atoms with Crippen LogP contribution in [0.3, 0.4) is 0 Å². The number of amides is 1. The van der Waals surface area contributed by atoms with Gasteiger partial charge in [0.2, 0.25) is 19.9 Å². The number of aromatic amines is 1. The molecular formula is C26H25BrClN3O5S2. The highest BCUT2D eigenvalue weighted by Gasteiger charge is 2.30. The van der Waals surface area contributed by atoms with Crippen LogP contribution < -0.4 is 10.0 Å². The minimum absolute atomic E-state index is 0.0762. The number of H-pyrrole nitrogens is 1. The standard InChI is InChI=1S/C26H25BrClN3O5S2/c1-16-12-17(2)14-21(13-16)37(33,34)25-22-15-19(28)6-9-23(22)31-24(25)26(32)29-10-3-11-30-38(35,36)20-7-4-18(27)5-8-20/h4-9,12-15,30-31H,3,10-11H2,1-2H3,(H,29,32). The summed E-state index contributed by atoms with van der Waals surface area (Å²) in [4.78, 5) is 16.1. The second kappa shape index (κ2) is 11.2. The van der Waals surface area contributed by atoms with E-state index >= 15 is 0 Å². The van der Waals surface area contributed by atoms with Gasteiger partial charge in [0, 0.05) is 33.5 Å². The zero-order valence-corrected chi connectivity index (χ0v) is 24.5. The maximum Gasteiger partial charge on any atom is 0.269 e. The molecule has 0 aliphatic heterocycles. The van der Waals surface area contributed by atoms with Crippen molar-refractivity contribution in [2.24, 2.45) is 0 Å². The molecule has 0 atom stereocenters. The van der Waals surface area contributed by atoms with Crippen molar-refractivity contribution in [3.63, 3.8) is 0 Å². The van der Waals surface area contributed by atoms with Crippen molar-refractivity contribution in [2.75, 3.05) is 13.1 Å². The molecule has 0 aliphatic rings. The molecule has 0 saturated carbocycles. The molecule has 0 bridgehead atoms. The number of hydrogen-bond acceptors (Lipinski definition) is 5. The lowest BCUT2D eigenvalue weighted by atomic mass is 10.2. The summed E-state index contributed by atoms with van der Waals surface area (Å²) in [5.41, 5.74) is 1.89. The van der Waals surface area contributed by atoms with Gasteiger partial charge in [-0.1, -0.05) is 33.6 Å². The fourth-order valence-electron chi connectivity index (χ4n) is 4.07. The van der Waals surface area contributed by atoms with Crippen LogP contribution in [-0.2, 0) is 19.9 Å². The topological polar surface area (TPSA) is 125 Å². The Balaban J connectivity index is 1.54. The van der Waals surface area contributed by atoms with Gasteiger partial charge in [-0.25, -0.2) is 21.6 Å².